The highest BCUT2D eigenvalue weighted by Crippen LogP contribution is 2.25. The highest BCUT2D eigenvalue weighted by Gasteiger charge is 2.13. The summed E-state index contributed by atoms with van der Waals surface area (Å²) in [6, 6.07) is 13.7. The van der Waals surface area contributed by atoms with Crippen molar-refractivity contribution in [3.8, 4) is 5.75 Å². The van der Waals surface area contributed by atoms with Gasteiger partial charge in [0, 0.05) is 10.6 Å². The number of carbonyl (C=O) groups excluding carboxylic acids is 2. The summed E-state index contributed by atoms with van der Waals surface area (Å²) in [5.41, 5.74) is 1.24. The van der Waals surface area contributed by atoms with Crippen molar-refractivity contribution >= 4 is 29.3 Å². The molecule has 0 saturated heterocycles. The van der Waals surface area contributed by atoms with Crippen molar-refractivity contribution in [2.45, 2.75) is 24.9 Å². The van der Waals surface area contributed by atoms with E-state index in [1.807, 2.05) is 31.2 Å². The van der Waals surface area contributed by atoms with Crippen LogP contribution in [0.5, 0.6) is 5.75 Å². The highest BCUT2D eigenvalue weighted by atomic mass is 32.2. The van der Waals surface area contributed by atoms with Gasteiger partial charge in [-0.15, -0.1) is 11.8 Å². The first kappa shape index (κ1) is 20.7. The Kier molecular flexibility index (Phi) is 8.06. The number of benzene rings is 2. The largest absolute Gasteiger partial charge is 0.456 e. The predicted octanol–water partition coefficient (Wildman–Crippen LogP) is 4.26. The first-order valence-electron chi connectivity index (χ1n) is 8.13. The third-order valence-corrected chi connectivity index (χ3v) is 4.35. The number of amides is 1. The first-order chi connectivity index (χ1) is 12.9. The molecule has 0 spiro atoms. The number of anilines is 1. The molecule has 0 fully saturated rings. The quantitative estimate of drug-likeness (QED) is 0.508. The zero-order chi connectivity index (χ0) is 19.6. The minimum absolute atomic E-state index is 0.0776. The Bertz CT molecular complexity index is 769. The number of thioether (sulfide) groups is 1. The first-order valence-corrected chi connectivity index (χ1v) is 9.11. The van der Waals surface area contributed by atoms with Crippen LogP contribution in [0.4, 0.5) is 14.5 Å². The van der Waals surface area contributed by atoms with E-state index in [0.717, 1.165) is 10.5 Å². The van der Waals surface area contributed by atoms with E-state index in [9.17, 15) is 18.4 Å². The third kappa shape index (κ3) is 7.65. The predicted molar refractivity (Wildman–Crippen MR) is 99.2 cm³/mol. The number of esters is 1. The maximum absolute atomic E-state index is 12.3. The van der Waals surface area contributed by atoms with Crippen LogP contribution in [-0.2, 0) is 14.3 Å². The van der Waals surface area contributed by atoms with Gasteiger partial charge in [-0.1, -0.05) is 29.8 Å². The van der Waals surface area contributed by atoms with Crippen molar-refractivity contribution in [1.29, 1.82) is 0 Å². The second-order valence-electron chi connectivity index (χ2n) is 5.50. The van der Waals surface area contributed by atoms with Crippen LogP contribution in [0, 0.1) is 6.92 Å². The van der Waals surface area contributed by atoms with Crippen molar-refractivity contribution in [1.82, 2.24) is 0 Å². The van der Waals surface area contributed by atoms with E-state index in [4.69, 9.17) is 4.74 Å². The number of nitrogens with one attached hydrogen (secondary N) is 1. The van der Waals surface area contributed by atoms with Crippen LogP contribution in [0.2, 0.25) is 0 Å². The van der Waals surface area contributed by atoms with Crippen molar-refractivity contribution in [2.24, 2.45) is 0 Å². The third-order valence-electron chi connectivity index (χ3n) is 3.34. The molecule has 0 radical (unpaired) electrons. The number of para-hydroxylation sites is 2. The Balaban J connectivity index is 1.72. The molecule has 0 atom stereocenters. The summed E-state index contributed by atoms with van der Waals surface area (Å²) in [5.74, 6) is -0.794. The molecule has 0 saturated carbocycles. The molecular weight excluding hydrogens is 376 g/mol. The monoisotopic (exact) mass is 395 g/mol. The zero-order valence-corrected chi connectivity index (χ0v) is 15.4. The topological polar surface area (TPSA) is 64.6 Å². The smallest absolute Gasteiger partial charge is 0.387 e. The maximum atomic E-state index is 12.3. The van der Waals surface area contributed by atoms with E-state index in [-0.39, 0.29) is 17.9 Å². The summed E-state index contributed by atoms with van der Waals surface area (Å²) in [6.07, 6.45) is 0.150. The summed E-state index contributed by atoms with van der Waals surface area (Å²) in [7, 11) is 0. The lowest BCUT2D eigenvalue weighted by Crippen LogP contribution is -2.21. The molecule has 2 aromatic carbocycles. The lowest BCUT2D eigenvalue weighted by molar-refractivity contribution is -0.146. The van der Waals surface area contributed by atoms with Gasteiger partial charge in [-0.2, -0.15) is 8.78 Å². The fourth-order valence-corrected chi connectivity index (χ4v) is 2.89. The molecule has 27 heavy (non-hydrogen) atoms. The fourth-order valence-electron chi connectivity index (χ4n) is 2.06. The highest BCUT2D eigenvalue weighted by molar-refractivity contribution is 7.99. The van der Waals surface area contributed by atoms with Crippen molar-refractivity contribution < 1.29 is 27.8 Å². The van der Waals surface area contributed by atoms with E-state index < -0.39 is 25.1 Å². The molecule has 0 aliphatic heterocycles. The van der Waals surface area contributed by atoms with Gasteiger partial charge in [0.05, 0.1) is 12.1 Å². The normalized spacial score (nSPS) is 10.5. The maximum Gasteiger partial charge on any atom is 0.387 e. The van der Waals surface area contributed by atoms with Gasteiger partial charge in [-0.05, 0) is 31.2 Å². The molecule has 144 valence electrons. The van der Waals surface area contributed by atoms with Crippen molar-refractivity contribution in [3.05, 3.63) is 54.1 Å². The van der Waals surface area contributed by atoms with Crippen molar-refractivity contribution in [2.75, 3.05) is 17.7 Å². The minimum Gasteiger partial charge on any atom is -0.456 e. The lowest BCUT2D eigenvalue weighted by Gasteiger charge is -2.11. The Morgan fingerprint density at radius 2 is 1.81 bits per heavy atom. The molecule has 8 heteroatoms. The van der Waals surface area contributed by atoms with E-state index in [2.05, 4.69) is 10.1 Å². The number of halogens is 2. The summed E-state index contributed by atoms with van der Waals surface area (Å²) in [6.45, 7) is -1.52. The van der Waals surface area contributed by atoms with Gasteiger partial charge in [0.15, 0.2) is 6.61 Å². The van der Waals surface area contributed by atoms with Crippen LogP contribution in [0.3, 0.4) is 0 Å². The number of rotatable bonds is 9. The Labute approximate surface area is 160 Å². The molecule has 0 bridgehead atoms. The van der Waals surface area contributed by atoms with E-state index >= 15 is 0 Å². The van der Waals surface area contributed by atoms with Crippen LogP contribution in [0.15, 0.2) is 53.4 Å². The molecule has 1 N–H and O–H groups in total. The second kappa shape index (κ2) is 10.5. The molecule has 0 aliphatic carbocycles. The number of hydrogen-bond donors (Lipinski definition) is 1. The SMILES string of the molecule is Cc1ccc(SCCC(=O)OCC(=O)Nc2ccccc2OC(F)F)cc1. The standard InChI is InChI=1S/C19H19F2NO4S/c1-13-6-8-14(9-7-13)27-11-10-18(24)25-12-17(23)22-15-4-2-3-5-16(15)26-19(20)21/h2-9,19H,10-12H2,1H3,(H,22,23). The van der Waals surface area contributed by atoms with Crippen LogP contribution in [0.1, 0.15) is 12.0 Å². The molecule has 0 unspecified atom stereocenters. The van der Waals surface area contributed by atoms with Crippen LogP contribution < -0.4 is 10.1 Å². The molecule has 2 aromatic rings. The summed E-state index contributed by atoms with van der Waals surface area (Å²) < 4.78 is 33.9. The van der Waals surface area contributed by atoms with Crippen LogP contribution in [-0.4, -0.2) is 30.8 Å². The Hall–Kier alpha value is -2.61. The molecule has 5 nitrogen and oxygen atoms in total. The molecule has 0 heterocycles. The van der Waals surface area contributed by atoms with Gasteiger partial charge in [0.2, 0.25) is 0 Å². The second-order valence-corrected chi connectivity index (χ2v) is 6.66. The van der Waals surface area contributed by atoms with Gasteiger partial charge in [-0.25, -0.2) is 0 Å². The van der Waals surface area contributed by atoms with E-state index in [1.165, 1.54) is 30.0 Å². The van der Waals surface area contributed by atoms with Crippen molar-refractivity contribution in [3.63, 3.8) is 0 Å². The molecule has 0 aromatic heterocycles. The van der Waals surface area contributed by atoms with Gasteiger partial charge < -0.3 is 14.8 Å². The number of hydrogen-bond acceptors (Lipinski definition) is 5. The number of aryl methyl sites for hydroxylation is 1. The number of ether oxygens (including phenoxy) is 2. The Morgan fingerprint density at radius 3 is 2.52 bits per heavy atom. The van der Waals surface area contributed by atoms with Gasteiger partial charge in [0.25, 0.3) is 5.91 Å². The van der Waals surface area contributed by atoms with Gasteiger partial charge >= 0.3 is 12.6 Å². The molecule has 0 aliphatic rings. The fraction of sp³-hybridized carbons (Fsp3) is 0.263. The number of carbonyl (C=O) groups is 2. The minimum atomic E-state index is -3.01. The summed E-state index contributed by atoms with van der Waals surface area (Å²) in [4.78, 5) is 24.6. The van der Waals surface area contributed by atoms with Crippen LogP contribution in [0.25, 0.3) is 0 Å². The van der Waals surface area contributed by atoms with Crippen LogP contribution >= 0.6 is 11.8 Å². The molecular formula is C19H19F2NO4S. The average molecular weight is 395 g/mol. The Morgan fingerprint density at radius 1 is 1.11 bits per heavy atom. The van der Waals surface area contributed by atoms with Gasteiger partial charge in [0.1, 0.15) is 5.75 Å². The molecule has 2 rings (SSSR count). The average Bonchev–Trinajstić information content (AvgIpc) is 2.63. The zero-order valence-electron chi connectivity index (χ0n) is 14.6. The van der Waals surface area contributed by atoms with E-state index in [1.54, 1.807) is 6.07 Å². The summed E-state index contributed by atoms with van der Waals surface area (Å²) >= 11 is 1.51. The number of alkyl halides is 2. The lowest BCUT2D eigenvalue weighted by atomic mass is 10.2. The van der Waals surface area contributed by atoms with E-state index in [0.29, 0.717) is 5.75 Å². The van der Waals surface area contributed by atoms with Gasteiger partial charge in [-0.3, -0.25) is 9.59 Å². The summed E-state index contributed by atoms with van der Waals surface area (Å²) in [5, 5.41) is 2.38. The molecule has 1 amide bonds.